The molecular formula is C10H12Cl2IN. The molecule has 0 bridgehead atoms. The third-order valence-corrected chi connectivity index (χ3v) is 3.30. The van der Waals surface area contributed by atoms with Gasteiger partial charge in [0, 0.05) is 11.0 Å². The maximum absolute atomic E-state index is 5.89. The highest BCUT2D eigenvalue weighted by Crippen LogP contribution is 2.22. The lowest BCUT2D eigenvalue weighted by Crippen LogP contribution is -2.14. The summed E-state index contributed by atoms with van der Waals surface area (Å²) in [4.78, 5) is 0. The molecule has 1 aromatic carbocycles. The van der Waals surface area contributed by atoms with Gasteiger partial charge in [-0.25, -0.2) is 0 Å². The van der Waals surface area contributed by atoms with Crippen molar-refractivity contribution in [3.63, 3.8) is 0 Å². The SMILES string of the molecule is Clc1ccc(CNCCCI)cc1Cl. The molecule has 0 aliphatic rings. The minimum absolute atomic E-state index is 0.614. The van der Waals surface area contributed by atoms with E-state index >= 15 is 0 Å². The predicted molar refractivity (Wildman–Crippen MR) is 71.7 cm³/mol. The molecule has 0 atom stereocenters. The Bertz CT molecular complexity index is 291. The van der Waals surface area contributed by atoms with E-state index in [1.165, 1.54) is 16.4 Å². The predicted octanol–water partition coefficient (Wildman–Crippen LogP) is 3.91. The van der Waals surface area contributed by atoms with E-state index in [4.69, 9.17) is 23.2 Å². The van der Waals surface area contributed by atoms with Crippen LogP contribution in [0, 0.1) is 0 Å². The summed E-state index contributed by atoms with van der Waals surface area (Å²) < 4.78 is 1.19. The molecule has 1 rings (SSSR count). The van der Waals surface area contributed by atoms with E-state index in [1.54, 1.807) is 0 Å². The quantitative estimate of drug-likeness (QED) is 0.485. The highest BCUT2D eigenvalue weighted by molar-refractivity contribution is 14.1. The Labute approximate surface area is 108 Å². The fourth-order valence-electron chi connectivity index (χ4n) is 1.07. The van der Waals surface area contributed by atoms with Gasteiger partial charge < -0.3 is 5.32 Å². The topological polar surface area (TPSA) is 12.0 Å². The molecule has 0 saturated heterocycles. The molecule has 78 valence electrons. The first-order chi connectivity index (χ1) is 6.74. The van der Waals surface area contributed by atoms with E-state index in [2.05, 4.69) is 27.9 Å². The molecule has 1 aromatic rings. The van der Waals surface area contributed by atoms with E-state index in [-0.39, 0.29) is 0 Å². The Hall–Kier alpha value is 0.490. The second-order valence-corrected chi connectivity index (χ2v) is 4.86. The van der Waals surface area contributed by atoms with Crippen LogP contribution in [0.2, 0.25) is 10.0 Å². The summed E-state index contributed by atoms with van der Waals surface area (Å²) >= 11 is 14.1. The zero-order valence-corrected chi connectivity index (χ0v) is 11.4. The summed E-state index contributed by atoms with van der Waals surface area (Å²) in [6.07, 6.45) is 1.20. The zero-order chi connectivity index (χ0) is 10.4. The van der Waals surface area contributed by atoms with Gasteiger partial charge in [0.15, 0.2) is 0 Å². The molecule has 0 radical (unpaired) electrons. The fraction of sp³-hybridized carbons (Fsp3) is 0.400. The van der Waals surface area contributed by atoms with Crippen molar-refractivity contribution in [1.29, 1.82) is 0 Å². The highest BCUT2D eigenvalue weighted by atomic mass is 127. The highest BCUT2D eigenvalue weighted by Gasteiger charge is 1.98. The lowest BCUT2D eigenvalue weighted by atomic mass is 10.2. The average Bonchev–Trinajstić information content (AvgIpc) is 2.18. The molecule has 0 saturated carbocycles. The van der Waals surface area contributed by atoms with Crippen molar-refractivity contribution in [2.45, 2.75) is 13.0 Å². The van der Waals surface area contributed by atoms with Gasteiger partial charge in [-0.3, -0.25) is 0 Å². The van der Waals surface area contributed by atoms with Crippen molar-refractivity contribution in [3.8, 4) is 0 Å². The third-order valence-electron chi connectivity index (χ3n) is 1.80. The van der Waals surface area contributed by atoms with E-state index < -0.39 is 0 Å². The van der Waals surface area contributed by atoms with Crippen molar-refractivity contribution in [1.82, 2.24) is 5.32 Å². The van der Waals surface area contributed by atoms with Crippen molar-refractivity contribution < 1.29 is 0 Å². The van der Waals surface area contributed by atoms with Crippen LogP contribution in [-0.4, -0.2) is 11.0 Å². The molecule has 0 heterocycles. The van der Waals surface area contributed by atoms with Crippen LogP contribution in [0.15, 0.2) is 18.2 Å². The van der Waals surface area contributed by atoms with Gasteiger partial charge in [0.25, 0.3) is 0 Å². The molecule has 4 heteroatoms. The normalized spacial score (nSPS) is 10.5. The first-order valence-electron chi connectivity index (χ1n) is 4.44. The van der Waals surface area contributed by atoms with Crippen LogP contribution in [0.3, 0.4) is 0 Å². The van der Waals surface area contributed by atoms with Gasteiger partial charge in [-0.05, 0) is 30.7 Å². The van der Waals surface area contributed by atoms with Gasteiger partial charge in [0.05, 0.1) is 10.0 Å². The van der Waals surface area contributed by atoms with Crippen LogP contribution < -0.4 is 5.32 Å². The number of benzene rings is 1. The second kappa shape index (κ2) is 6.88. The molecule has 0 spiro atoms. The summed E-state index contributed by atoms with van der Waals surface area (Å²) in [7, 11) is 0. The molecule has 0 amide bonds. The van der Waals surface area contributed by atoms with E-state index in [0.29, 0.717) is 10.0 Å². The van der Waals surface area contributed by atoms with Gasteiger partial charge in [0.2, 0.25) is 0 Å². The van der Waals surface area contributed by atoms with Crippen molar-refractivity contribution in [2.24, 2.45) is 0 Å². The number of hydrogen-bond donors (Lipinski definition) is 1. The summed E-state index contributed by atoms with van der Waals surface area (Å²) in [5.74, 6) is 0. The number of rotatable bonds is 5. The monoisotopic (exact) mass is 343 g/mol. The maximum Gasteiger partial charge on any atom is 0.0595 e. The lowest BCUT2D eigenvalue weighted by molar-refractivity contribution is 0.682. The molecular weight excluding hydrogens is 332 g/mol. The number of hydrogen-bond acceptors (Lipinski definition) is 1. The van der Waals surface area contributed by atoms with Crippen molar-refractivity contribution >= 4 is 45.8 Å². The maximum atomic E-state index is 5.89. The Morgan fingerprint density at radius 3 is 2.64 bits per heavy atom. The Morgan fingerprint density at radius 2 is 2.00 bits per heavy atom. The lowest BCUT2D eigenvalue weighted by Gasteiger charge is -2.04. The summed E-state index contributed by atoms with van der Waals surface area (Å²) in [5.41, 5.74) is 1.17. The van der Waals surface area contributed by atoms with Gasteiger partial charge in [-0.15, -0.1) is 0 Å². The minimum Gasteiger partial charge on any atom is -0.313 e. The van der Waals surface area contributed by atoms with E-state index in [0.717, 1.165) is 13.1 Å². The molecule has 14 heavy (non-hydrogen) atoms. The number of alkyl halides is 1. The van der Waals surface area contributed by atoms with Crippen LogP contribution >= 0.6 is 45.8 Å². The molecule has 1 nitrogen and oxygen atoms in total. The van der Waals surface area contributed by atoms with E-state index in [1.807, 2.05) is 18.2 Å². The van der Waals surface area contributed by atoms with Crippen LogP contribution in [0.25, 0.3) is 0 Å². The Balaban J connectivity index is 2.39. The second-order valence-electron chi connectivity index (χ2n) is 2.97. The average molecular weight is 344 g/mol. The zero-order valence-electron chi connectivity index (χ0n) is 7.69. The largest absolute Gasteiger partial charge is 0.313 e. The van der Waals surface area contributed by atoms with Gasteiger partial charge in [-0.1, -0.05) is 51.9 Å². The van der Waals surface area contributed by atoms with Gasteiger partial charge >= 0.3 is 0 Å². The van der Waals surface area contributed by atoms with Gasteiger partial charge in [-0.2, -0.15) is 0 Å². The van der Waals surface area contributed by atoms with Crippen molar-refractivity contribution in [2.75, 3.05) is 11.0 Å². The summed E-state index contributed by atoms with van der Waals surface area (Å²) in [6, 6.07) is 5.73. The van der Waals surface area contributed by atoms with Crippen LogP contribution in [-0.2, 0) is 6.54 Å². The third kappa shape index (κ3) is 4.34. The van der Waals surface area contributed by atoms with Crippen molar-refractivity contribution in [3.05, 3.63) is 33.8 Å². The number of halogens is 3. The molecule has 0 unspecified atom stereocenters. The fourth-order valence-corrected chi connectivity index (χ4v) is 1.78. The smallest absolute Gasteiger partial charge is 0.0595 e. The number of nitrogens with one attached hydrogen (secondary N) is 1. The molecule has 0 aliphatic heterocycles. The molecule has 0 fully saturated rings. The molecule has 0 aromatic heterocycles. The molecule has 1 N–H and O–H groups in total. The van der Waals surface area contributed by atoms with Gasteiger partial charge in [0.1, 0.15) is 0 Å². The summed E-state index contributed by atoms with van der Waals surface area (Å²) in [6.45, 7) is 1.90. The molecule has 0 aliphatic carbocycles. The van der Waals surface area contributed by atoms with Crippen LogP contribution in [0.5, 0.6) is 0 Å². The first-order valence-corrected chi connectivity index (χ1v) is 6.73. The first kappa shape index (κ1) is 12.6. The standard InChI is InChI=1S/C10H12Cl2IN/c11-9-3-2-8(6-10(9)12)7-14-5-1-4-13/h2-3,6,14H,1,4-5,7H2. The van der Waals surface area contributed by atoms with Crippen LogP contribution in [0.4, 0.5) is 0 Å². The Morgan fingerprint density at radius 1 is 1.21 bits per heavy atom. The minimum atomic E-state index is 0.614. The Kier molecular flexibility index (Phi) is 6.17. The van der Waals surface area contributed by atoms with E-state index in [9.17, 15) is 0 Å². The van der Waals surface area contributed by atoms with Crippen LogP contribution in [0.1, 0.15) is 12.0 Å². The summed E-state index contributed by atoms with van der Waals surface area (Å²) in [5, 5.41) is 4.58.